The van der Waals surface area contributed by atoms with Gasteiger partial charge in [-0.15, -0.1) is 0 Å². The monoisotopic (exact) mass is 527 g/mol. The van der Waals surface area contributed by atoms with Gasteiger partial charge in [0.2, 0.25) is 17.7 Å². The number of imidazole rings is 1. The van der Waals surface area contributed by atoms with E-state index in [4.69, 9.17) is 22.3 Å². The molecule has 0 radical (unpaired) electrons. The third-order valence-corrected chi connectivity index (χ3v) is 4.97. The highest BCUT2D eigenvalue weighted by Crippen LogP contribution is 2.04. The lowest BCUT2D eigenvalue weighted by Gasteiger charge is -2.26. The lowest BCUT2D eigenvalue weighted by molar-refractivity contribution is -0.144. The normalized spacial score (nSPS) is 14.8. The van der Waals surface area contributed by atoms with E-state index in [2.05, 4.69) is 30.9 Å². The Balaban J connectivity index is 2.88. The summed E-state index contributed by atoms with van der Waals surface area (Å²) in [6.45, 7) is 1.27. The molecule has 0 bridgehead atoms. The van der Waals surface area contributed by atoms with Gasteiger partial charge in [-0.1, -0.05) is 0 Å². The second-order valence-corrected chi connectivity index (χ2v) is 8.12. The van der Waals surface area contributed by atoms with Crippen LogP contribution in [0.25, 0.3) is 0 Å². The number of nitrogens with one attached hydrogen (secondary N) is 4. The van der Waals surface area contributed by atoms with Crippen molar-refractivity contribution < 1.29 is 39.3 Å². The maximum Gasteiger partial charge on any atom is 0.326 e. The highest BCUT2D eigenvalue weighted by Gasteiger charge is 2.33. The van der Waals surface area contributed by atoms with Gasteiger partial charge in [0.05, 0.1) is 24.9 Å². The highest BCUT2D eigenvalue weighted by atomic mass is 16.4. The molecule has 1 rings (SSSR count). The summed E-state index contributed by atoms with van der Waals surface area (Å²) in [5.41, 5.74) is 16.7. The number of hydrogen-bond acceptors (Lipinski definition) is 9. The lowest BCUT2D eigenvalue weighted by Crippen LogP contribution is -2.60. The molecule has 0 aliphatic heterocycles. The first-order valence-electron chi connectivity index (χ1n) is 11.1. The van der Waals surface area contributed by atoms with Crippen LogP contribution >= 0.6 is 0 Å². The molecule has 3 amide bonds. The van der Waals surface area contributed by atoms with Gasteiger partial charge in [0, 0.05) is 24.9 Å². The largest absolute Gasteiger partial charge is 0.481 e. The van der Waals surface area contributed by atoms with Gasteiger partial charge in [-0.3, -0.25) is 24.2 Å². The molecule has 0 aliphatic carbocycles. The molecule has 0 fully saturated rings. The van der Waals surface area contributed by atoms with Crippen molar-refractivity contribution in [3.05, 3.63) is 18.2 Å². The molecule has 37 heavy (non-hydrogen) atoms. The fraction of sp³-hybridized carbons (Fsp3) is 0.550. The van der Waals surface area contributed by atoms with Crippen LogP contribution in [0, 0.1) is 0 Å². The molecule has 0 aromatic carbocycles. The molecule has 17 nitrogen and oxygen atoms in total. The zero-order valence-corrected chi connectivity index (χ0v) is 20.1. The average Bonchev–Trinajstić information content (AvgIpc) is 3.30. The number of rotatable bonds is 16. The molecular weight excluding hydrogens is 494 g/mol. The summed E-state index contributed by atoms with van der Waals surface area (Å²) in [5.74, 6) is -6.00. The zero-order chi connectivity index (χ0) is 28.1. The summed E-state index contributed by atoms with van der Waals surface area (Å²) in [5, 5.41) is 35.1. The van der Waals surface area contributed by atoms with Crippen molar-refractivity contribution in [2.24, 2.45) is 22.2 Å². The van der Waals surface area contributed by atoms with Gasteiger partial charge < -0.3 is 53.5 Å². The van der Waals surface area contributed by atoms with Crippen LogP contribution in [0.4, 0.5) is 0 Å². The third kappa shape index (κ3) is 11.4. The van der Waals surface area contributed by atoms with Gasteiger partial charge in [0.1, 0.15) is 18.1 Å². The number of aliphatic imine (C=N–C) groups is 1. The van der Waals surface area contributed by atoms with Crippen molar-refractivity contribution in [2.75, 3.05) is 6.54 Å². The van der Waals surface area contributed by atoms with Crippen LogP contribution in [-0.2, 0) is 30.4 Å². The molecule has 0 saturated heterocycles. The minimum absolute atomic E-state index is 0.0196. The van der Waals surface area contributed by atoms with Gasteiger partial charge in [-0.25, -0.2) is 9.78 Å². The molecule has 13 N–H and O–H groups in total. The number of guanidine groups is 1. The number of aliphatic hydroxyl groups excluding tert-OH is 1. The SMILES string of the molecule is CC(O)C(NC(=O)C(CC(=O)O)NC(=O)C(N)Cc1cnc[nH]1)C(=O)NC(CCCN=C(N)N)C(=O)O. The highest BCUT2D eigenvalue weighted by molar-refractivity contribution is 5.95. The zero-order valence-electron chi connectivity index (χ0n) is 20.1. The quantitative estimate of drug-likeness (QED) is 0.0555. The molecular formula is C20H33N9O8. The van der Waals surface area contributed by atoms with Crippen molar-refractivity contribution in [3.8, 4) is 0 Å². The number of carboxylic acid groups (broad SMARTS) is 2. The first kappa shape index (κ1) is 30.8. The number of hydrogen-bond donors (Lipinski definition) is 10. The Kier molecular flexibility index (Phi) is 12.5. The van der Waals surface area contributed by atoms with Gasteiger partial charge in [0.25, 0.3) is 0 Å². The predicted molar refractivity (Wildman–Crippen MR) is 128 cm³/mol. The summed E-state index contributed by atoms with van der Waals surface area (Å²) in [6.07, 6.45) is 0.601. The fourth-order valence-electron chi connectivity index (χ4n) is 3.07. The lowest BCUT2D eigenvalue weighted by atomic mass is 10.1. The number of amides is 3. The van der Waals surface area contributed by atoms with Crippen molar-refractivity contribution in [1.82, 2.24) is 25.9 Å². The Morgan fingerprint density at radius 3 is 2.22 bits per heavy atom. The van der Waals surface area contributed by atoms with E-state index in [0.717, 1.165) is 6.92 Å². The topological polar surface area (TPSA) is 301 Å². The van der Waals surface area contributed by atoms with Gasteiger partial charge in [-0.05, 0) is 19.8 Å². The van der Waals surface area contributed by atoms with E-state index in [1.54, 1.807) is 0 Å². The van der Waals surface area contributed by atoms with E-state index in [0.29, 0.717) is 5.69 Å². The maximum atomic E-state index is 12.8. The number of nitrogens with two attached hydrogens (primary N) is 3. The molecule has 206 valence electrons. The number of carboxylic acids is 2. The van der Waals surface area contributed by atoms with E-state index < -0.39 is 66.4 Å². The number of carbonyl (C=O) groups excluding carboxylic acids is 3. The Labute approximate surface area is 211 Å². The second-order valence-electron chi connectivity index (χ2n) is 8.12. The smallest absolute Gasteiger partial charge is 0.326 e. The first-order valence-corrected chi connectivity index (χ1v) is 11.1. The predicted octanol–water partition coefficient (Wildman–Crippen LogP) is -4.27. The first-order chi connectivity index (χ1) is 17.3. The number of H-pyrrole nitrogens is 1. The third-order valence-electron chi connectivity index (χ3n) is 4.97. The number of aromatic nitrogens is 2. The summed E-state index contributed by atoms with van der Waals surface area (Å²) in [6, 6.07) is -5.87. The van der Waals surface area contributed by atoms with Gasteiger partial charge in [-0.2, -0.15) is 0 Å². The van der Waals surface area contributed by atoms with Crippen molar-refractivity contribution >= 4 is 35.6 Å². The number of nitrogens with zero attached hydrogens (tertiary/aromatic N) is 2. The summed E-state index contributed by atoms with van der Waals surface area (Å²) >= 11 is 0. The Morgan fingerprint density at radius 2 is 1.70 bits per heavy atom. The van der Waals surface area contributed by atoms with Crippen LogP contribution < -0.4 is 33.2 Å². The molecule has 0 aliphatic rings. The minimum Gasteiger partial charge on any atom is -0.481 e. The minimum atomic E-state index is -1.67. The van der Waals surface area contributed by atoms with E-state index in [1.165, 1.54) is 12.5 Å². The van der Waals surface area contributed by atoms with Crippen LogP contribution in [-0.4, -0.2) is 97.7 Å². The molecule has 1 aromatic heterocycles. The van der Waals surface area contributed by atoms with Crippen LogP contribution in [0.15, 0.2) is 17.5 Å². The van der Waals surface area contributed by atoms with Crippen molar-refractivity contribution in [3.63, 3.8) is 0 Å². The Morgan fingerprint density at radius 1 is 1.05 bits per heavy atom. The van der Waals surface area contributed by atoms with Crippen LogP contribution in [0.3, 0.4) is 0 Å². The molecule has 1 heterocycles. The van der Waals surface area contributed by atoms with E-state index in [9.17, 15) is 34.2 Å². The van der Waals surface area contributed by atoms with E-state index >= 15 is 0 Å². The maximum absolute atomic E-state index is 12.8. The van der Waals surface area contributed by atoms with Crippen molar-refractivity contribution in [2.45, 2.75) is 62.9 Å². The number of aliphatic hydroxyl groups is 1. The number of carbonyl (C=O) groups is 5. The second kappa shape index (κ2) is 15.0. The Hall–Kier alpha value is -4.25. The Bertz CT molecular complexity index is 963. The molecule has 0 spiro atoms. The summed E-state index contributed by atoms with van der Waals surface area (Å²) < 4.78 is 0. The summed E-state index contributed by atoms with van der Waals surface area (Å²) in [4.78, 5) is 70.9. The summed E-state index contributed by atoms with van der Waals surface area (Å²) in [7, 11) is 0. The average molecular weight is 528 g/mol. The van der Waals surface area contributed by atoms with Crippen molar-refractivity contribution in [1.29, 1.82) is 0 Å². The molecule has 0 saturated carbocycles. The molecule has 1 aromatic rings. The van der Waals surface area contributed by atoms with Crippen LogP contribution in [0.5, 0.6) is 0 Å². The van der Waals surface area contributed by atoms with E-state index in [1.807, 2.05) is 0 Å². The van der Waals surface area contributed by atoms with Gasteiger partial charge >= 0.3 is 11.9 Å². The molecule has 5 atom stereocenters. The number of aromatic amines is 1. The van der Waals surface area contributed by atoms with Crippen LogP contribution in [0.2, 0.25) is 0 Å². The molecule has 5 unspecified atom stereocenters. The van der Waals surface area contributed by atoms with Gasteiger partial charge in [0.15, 0.2) is 5.96 Å². The number of aliphatic carboxylic acids is 2. The van der Waals surface area contributed by atoms with E-state index in [-0.39, 0.29) is 31.8 Å². The molecule has 17 heteroatoms. The van der Waals surface area contributed by atoms with Crippen LogP contribution in [0.1, 0.15) is 31.9 Å². The fourth-order valence-corrected chi connectivity index (χ4v) is 3.07. The standard InChI is InChI=1S/C20H33N9O8/c1-9(30)15(18(35)27-12(19(36)37)3-2-4-25-20(22)23)29-17(34)13(6-14(31)32)28-16(33)11(21)5-10-7-24-8-26-10/h7-9,11-13,15,30H,2-6,21H2,1H3,(H,24,26)(H,27,35)(H,28,33)(H,29,34)(H,31,32)(H,36,37)(H4,22,23,25).